The average molecular weight is 352 g/mol. The number of amides is 2. The van der Waals surface area contributed by atoms with Crippen molar-refractivity contribution in [1.82, 2.24) is 10.4 Å². The second kappa shape index (κ2) is 8.89. The molecule has 2 heterocycles. The molecule has 1 aliphatic rings. The molecule has 6 heteroatoms. The van der Waals surface area contributed by atoms with Crippen LogP contribution in [0.4, 0.5) is 5.69 Å². The molecule has 26 heavy (non-hydrogen) atoms. The Balaban J connectivity index is 0.00000117. The summed E-state index contributed by atoms with van der Waals surface area (Å²) in [5.74, 6) is -0.257. The number of nitrogens with one attached hydrogen (secondary N) is 2. The van der Waals surface area contributed by atoms with Crippen molar-refractivity contribution in [3.05, 3.63) is 59.4 Å². The highest BCUT2D eigenvalue weighted by Gasteiger charge is 2.22. The van der Waals surface area contributed by atoms with Crippen molar-refractivity contribution in [3.8, 4) is 0 Å². The van der Waals surface area contributed by atoms with E-state index in [9.17, 15) is 9.59 Å². The Labute approximate surface area is 153 Å². The van der Waals surface area contributed by atoms with E-state index in [2.05, 4.69) is 20.8 Å². The molecule has 1 aromatic heterocycles. The lowest BCUT2D eigenvalue weighted by atomic mass is 9.91. The monoisotopic (exact) mass is 352 g/mol. The van der Waals surface area contributed by atoms with Crippen molar-refractivity contribution in [2.24, 2.45) is 11.0 Å². The van der Waals surface area contributed by atoms with Gasteiger partial charge in [0.1, 0.15) is 5.69 Å². The van der Waals surface area contributed by atoms with Gasteiger partial charge in [0.05, 0.1) is 5.71 Å². The van der Waals surface area contributed by atoms with Crippen molar-refractivity contribution in [1.29, 1.82) is 0 Å². The minimum absolute atomic E-state index is 0.0615. The standard InChI is InChI=1S/C18H18N4O2.C2H6/c1-11-9-13(20-18(24)15-5-3-4-8-19-15)6-7-14(11)17-12(2)10-16(23)21-22-17;1-2/h3-9,12H,10H2,1-2H3,(H,20,24)(H,21,23);1-2H3. The van der Waals surface area contributed by atoms with Gasteiger partial charge in [-0.2, -0.15) is 5.10 Å². The first kappa shape index (κ1) is 19.3. The Hall–Kier alpha value is -3.02. The number of hydrogen-bond donors (Lipinski definition) is 2. The molecule has 3 rings (SSSR count). The van der Waals surface area contributed by atoms with Gasteiger partial charge in [0.15, 0.2) is 0 Å². The largest absolute Gasteiger partial charge is 0.321 e. The van der Waals surface area contributed by atoms with Gasteiger partial charge in [-0.25, -0.2) is 5.43 Å². The second-order valence-corrected chi connectivity index (χ2v) is 5.84. The summed E-state index contributed by atoms with van der Waals surface area (Å²) in [6, 6.07) is 10.8. The molecule has 2 N–H and O–H groups in total. The molecule has 2 aromatic rings. The van der Waals surface area contributed by atoms with E-state index in [0.717, 1.165) is 16.8 Å². The minimum Gasteiger partial charge on any atom is -0.321 e. The van der Waals surface area contributed by atoms with E-state index in [1.807, 2.05) is 45.9 Å². The summed E-state index contributed by atoms with van der Waals surface area (Å²) in [5, 5.41) is 7.02. The molecular formula is C20H24N4O2. The molecule has 0 spiro atoms. The number of nitrogens with zero attached hydrogens (tertiary/aromatic N) is 2. The molecule has 0 aliphatic carbocycles. The molecule has 2 amide bonds. The number of benzene rings is 1. The Kier molecular flexibility index (Phi) is 6.60. The van der Waals surface area contributed by atoms with E-state index in [0.29, 0.717) is 17.8 Å². The predicted octanol–water partition coefficient (Wildman–Crippen LogP) is 3.53. The van der Waals surface area contributed by atoms with E-state index < -0.39 is 0 Å². The van der Waals surface area contributed by atoms with Gasteiger partial charge in [0, 0.05) is 29.8 Å². The first-order chi connectivity index (χ1) is 12.5. The normalized spacial score (nSPS) is 15.9. The maximum atomic E-state index is 12.2. The maximum absolute atomic E-state index is 12.2. The third kappa shape index (κ3) is 4.53. The van der Waals surface area contributed by atoms with Crippen LogP contribution in [0.1, 0.15) is 48.8 Å². The van der Waals surface area contributed by atoms with E-state index in [-0.39, 0.29) is 17.7 Å². The zero-order valence-corrected chi connectivity index (χ0v) is 15.5. The molecule has 136 valence electrons. The molecule has 1 unspecified atom stereocenters. The molecule has 1 aliphatic heterocycles. The van der Waals surface area contributed by atoms with Crippen molar-refractivity contribution in [2.45, 2.75) is 34.1 Å². The summed E-state index contributed by atoms with van der Waals surface area (Å²) in [4.78, 5) is 27.6. The third-order valence-corrected chi connectivity index (χ3v) is 3.92. The predicted molar refractivity (Wildman–Crippen MR) is 103 cm³/mol. The zero-order chi connectivity index (χ0) is 19.1. The Morgan fingerprint density at radius 3 is 2.62 bits per heavy atom. The fourth-order valence-corrected chi connectivity index (χ4v) is 2.70. The summed E-state index contributed by atoms with van der Waals surface area (Å²) in [5.41, 5.74) is 6.40. The highest BCUT2D eigenvalue weighted by molar-refractivity contribution is 6.07. The Morgan fingerprint density at radius 2 is 2.00 bits per heavy atom. The van der Waals surface area contributed by atoms with Crippen molar-refractivity contribution < 1.29 is 9.59 Å². The van der Waals surface area contributed by atoms with Crippen LogP contribution in [0.25, 0.3) is 0 Å². The molecule has 1 atom stereocenters. The molecule has 1 aromatic carbocycles. The number of rotatable bonds is 3. The Morgan fingerprint density at radius 1 is 1.23 bits per heavy atom. The van der Waals surface area contributed by atoms with Crippen molar-refractivity contribution in [2.75, 3.05) is 5.32 Å². The first-order valence-corrected chi connectivity index (χ1v) is 8.74. The second-order valence-electron chi connectivity index (χ2n) is 5.84. The van der Waals surface area contributed by atoms with Gasteiger partial charge in [0.25, 0.3) is 5.91 Å². The maximum Gasteiger partial charge on any atom is 0.274 e. The lowest BCUT2D eigenvalue weighted by Gasteiger charge is -2.20. The first-order valence-electron chi connectivity index (χ1n) is 8.74. The highest BCUT2D eigenvalue weighted by atomic mass is 16.2. The molecule has 0 saturated heterocycles. The molecule has 0 saturated carbocycles. The molecule has 0 radical (unpaired) electrons. The van der Waals surface area contributed by atoms with Gasteiger partial charge in [-0.1, -0.05) is 32.9 Å². The third-order valence-electron chi connectivity index (χ3n) is 3.92. The van der Waals surface area contributed by atoms with E-state index >= 15 is 0 Å². The zero-order valence-electron chi connectivity index (χ0n) is 15.5. The van der Waals surface area contributed by atoms with Crippen LogP contribution >= 0.6 is 0 Å². The van der Waals surface area contributed by atoms with Gasteiger partial charge in [-0.15, -0.1) is 0 Å². The smallest absolute Gasteiger partial charge is 0.274 e. The number of anilines is 1. The van der Waals surface area contributed by atoms with Crippen LogP contribution in [0.3, 0.4) is 0 Å². The lowest BCUT2D eigenvalue weighted by molar-refractivity contribution is -0.121. The van der Waals surface area contributed by atoms with E-state index in [1.54, 1.807) is 24.4 Å². The quantitative estimate of drug-likeness (QED) is 0.886. The molecule has 0 fully saturated rings. The fraction of sp³-hybridized carbons (Fsp3) is 0.300. The molecule has 6 nitrogen and oxygen atoms in total. The van der Waals surface area contributed by atoms with Crippen LogP contribution < -0.4 is 10.7 Å². The number of hydrogen-bond acceptors (Lipinski definition) is 4. The highest BCUT2D eigenvalue weighted by Crippen LogP contribution is 2.22. The minimum atomic E-state index is -0.251. The topological polar surface area (TPSA) is 83.4 Å². The van der Waals surface area contributed by atoms with Crippen LogP contribution in [0.5, 0.6) is 0 Å². The summed E-state index contributed by atoms with van der Waals surface area (Å²) >= 11 is 0. The van der Waals surface area contributed by atoms with Crippen LogP contribution in [0.15, 0.2) is 47.7 Å². The number of pyridine rings is 1. The SMILES string of the molecule is CC.Cc1cc(NC(=O)c2ccccn2)ccc1C1=NNC(=O)CC1C. The number of hydrazone groups is 1. The summed E-state index contributed by atoms with van der Waals surface area (Å²) in [7, 11) is 0. The van der Waals surface area contributed by atoms with Crippen molar-refractivity contribution >= 4 is 23.2 Å². The lowest BCUT2D eigenvalue weighted by Crippen LogP contribution is -2.32. The van der Waals surface area contributed by atoms with Gasteiger partial charge in [0.2, 0.25) is 5.91 Å². The number of aromatic nitrogens is 1. The van der Waals surface area contributed by atoms with Gasteiger partial charge in [-0.3, -0.25) is 14.6 Å². The Bertz CT molecular complexity index is 816. The van der Waals surface area contributed by atoms with Gasteiger partial charge >= 0.3 is 0 Å². The van der Waals surface area contributed by atoms with Crippen LogP contribution in [0.2, 0.25) is 0 Å². The fourth-order valence-electron chi connectivity index (χ4n) is 2.70. The van der Waals surface area contributed by atoms with Crippen LogP contribution in [-0.4, -0.2) is 22.5 Å². The molecular weight excluding hydrogens is 328 g/mol. The van der Waals surface area contributed by atoms with Crippen LogP contribution in [-0.2, 0) is 4.79 Å². The van der Waals surface area contributed by atoms with E-state index in [4.69, 9.17) is 0 Å². The van der Waals surface area contributed by atoms with E-state index in [1.165, 1.54) is 0 Å². The number of carbonyl (C=O) groups excluding carboxylic acids is 2. The molecule has 0 bridgehead atoms. The summed E-state index contributed by atoms with van der Waals surface area (Å²) in [6.45, 7) is 7.94. The van der Waals surface area contributed by atoms with Gasteiger partial charge < -0.3 is 5.32 Å². The van der Waals surface area contributed by atoms with Crippen molar-refractivity contribution in [3.63, 3.8) is 0 Å². The average Bonchev–Trinajstić information content (AvgIpc) is 2.65. The van der Waals surface area contributed by atoms with Crippen LogP contribution in [0, 0.1) is 12.8 Å². The summed E-state index contributed by atoms with van der Waals surface area (Å²) < 4.78 is 0. The number of aryl methyl sites for hydroxylation is 1. The number of carbonyl (C=O) groups is 2. The van der Waals surface area contributed by atoms with Gasteiger partial charge in [-0.05, 0) is 36.8 Å². The summed E-state index contributed by atoms with van der Waals surface area (Å²) in [6.07, 6.45) is 2.01.